The molecule has 0 fully saturated rings. The van der Waals surface area contributed by atoms with Crippen LogP contribution in [0.25, 0.3) is 0 Å². The van der Waals surface area contributed by atoms with Gasteiger partial charge in [0.2, 0.25) is 0 Å². The zero-order valence-electron chi connectivity index (χ0n) is 15.3. The van der Waals surface area contributed by atoms with Crippen molar-refractivity contribution in [3.63, 3.8) is 0 Å². The van der Waals surface area contributed by atoms with Crippen LogP contribution in [0.1, 0.15) is 57.9 Å². The number of carbonyl (C=O) groups excluding carboxylic acids is 2. The maximum absolute atomic E-state index is 12.5. The Morgan fingerprint density at radius 1 is 1.20 bits per heavy atom. The molecule has 0 aliphatic heterocycles. The summed E-state index contributed by atoms with van der Waals surface area (Å²) in [7, 11) is 0. The van der Waals surface area contributed by atoms with Gasteiger partial charge in [-0.25, -0.2) is 4.79 Å². The Balaban J connectivity index is 2.00. The Morgan fingerprint density at radius 3 is 2.52 bits per heavy atom. The molecule has 2 rings (SSSR count). The molecule has 1 atom stereocenters. The predicted molar refractivity (Wildman–Crippen MR) is 97.9 cm³/mol. The largest absolute Gasteiger partial charge is 0.462 e. The fourth-order valence-corrected chi connectivity index (χ4v) is 2.88. The van der Waals surface area contributed by atoms with Crippen LogP contribution in [0.4, 0.5) is 0 Å². The first kappa shape index (κ1) is 18.8. The number of benzene rings is 1. The molecule has 0 radical (unpaired) electrons. The first-order valence-corrected chi connectivity index (χ1v) is 8.65. The van der Waals surface area contributed by atoms with Gasteiger partial charge in [-0.3, -0.25) is 4.79 Å². The summed E-state index contributed by atoms with van der Waals surface area (Å²) in [6, 6.07) is 10.2. The topological polar surface area (TPSA) is 71.2 Å². The number of rotatable bonds is 7. The average molecular weight is 342 g/mol. The molecule has 0 aliphatic rings. The molecule has 1 unspecified atom stereocenters. The van der Waals surface area contributed by atoms with Crippen molar-refractivity contribution >= 4 is 11.9 Å². The highest BCUT2D eigenvalue weighted by Crippen LogP contribution is 2.19. The number of nitrogens with one attached hydrogen (secondary N) is 2. The summed E-state index contributed by atoms with van der Waals surface area (Å²) >= 11 is 0. The molecule has 5 nitrogen and oxygen atoms in total. The van der Waals surface area contributed by atoms with E-state index in [1.165, 1.54) is 5.56 Å². The first-order chi connectivity index (χ1) is 11.9. The number of aromatic nitrogens is 1. The smallest absolute Gasteiger partial charge is 0.340 e. The van der Waals surface area contributed by atoms with Crippen LogP contribution >= 0.6 is 0 Å². The van der Waals surface area contributed by atoms with E-state index < -0.39 is 5.97 Å². The van der Waals surface area contributed by atoms with Gasteiger partial charge in [-0.2, -0.15) is 0 Å². The summed E-state index contributed by atoms with van der Waals surface area (Å²) in [4.78, 5) is 27.6. The lowest BCUT2D eigenvalue weighted by Gasteiger charge is -2.14. The molecule has 5 heteroatoms. The maximum Gasteiger partial charge on any atom is 0.340 e. The van der Waals surface area contributed by atoms with E-state index in [1.807, 2.05) is 25.1 Å². The second-order valence-corrected chi connectivity index (χ2v) is 6.24. The molecule has 0 saturated heterocycles. The second kappa shape index (κ2) is 8.51. The average Bonchev–Trinajstić information content (AvgIpc) is 2.89. The third-order valence-electron chi connectivity index (χ3n) is 4.23. The van der Waals surface area contributed by atoms with Crippen molar-refractivity contribution in [2.24, 2.45) is 0 Å². The summed E-state index contributed by atoms with van der Waals surface area (Å²) in [6.07, 6.45) is 1.75. The highest BCUT2D eigenvalue weighted by Gasteiger charge is 2.23. The van der Waals surface area contributed by atoms with Crippen molar-refractivity contribution in [2.75, 3.05) is 6.61 Å². The van der Waals surface area contributed by atoms with Gasteiger partial charge < -0.3 is 15.0 Å². The maximum atomic E-state index is 12.5. The molecule has 1 aromatic heterocycles. The fourth-order valence-electron chi connectivity index (χ4n) is 2.88. The Hall–Kier alpha value is -2.56. The number of carbonyl (C=O) groups is 2. The molecule has 2 N–H and O–H groups in total. The third kappa shape index (κ3) is 4.72. The van der Waals surface area contributed by atoms with Crippen LogP contribution in [0, 0.1) is 13.8 Å². The van der Waals surface area contributed by atoms with Crippen LogP contribution in [-0.4, -0.2) is 29.5 Å². The number of ether oxygens (including phenoxy) is 1. The number of aryl methyl sites for hydroxylation is 2. The van der Waals surface area contributed by atoms with Crippen molar-refractivity contribution in [1.82, 2.24) is 10.3 Å². The van der Waals surface area contributed by atoms with Crippen LogP contribution in [0.15, 0.2) is 30.3 Å². The van der Waals surface area contributed by atoms with Gasteiger partial charge in [0.05, 0.1) is 12.2 Å². The highest BCUT2D eigenvalue weighted by atomic mass is 16.5. The van der Waals surface area contributed by atoms with Crippen LogP contribution in [0.3, 0.4) is 0 Å². The van der Waals surface area contributed by atoms with E-state index in [-0.39, 0.29) is 11.9 Å². The molecule has 134 valence electrons. The SMILES string of the molecule is CCOC(=O)c1c(C)[nH]c(C(=O)NC(C)CCc2ccccc2)c1C. The van der Waals surface area contributed by atoms with E-state index in [0.717, 1.165) is 12.8 Å². The lowest BCUT2D eigenvalue weighted by atomic mass is 10.1. The van der Waals surface area contributed by atoms with E-state index >= 15 is 0 Å². The minimum absolute atomic E-state index is 0.0294. The Morgan fingerprint density at radius 2 is 1.88 bits per heavy atom. The zero-order valence-corrected chi connectivity index (χ0v) is 15.3. The van der Waals surface area contributed by atoms with E-state index in [9.17, 15) is 9.59 Å². The molecule has 1 amide bonds. The quantitative estimate of drug-likeness (QED) is 0.756. The molecule has 1 heterocycles. The summed E-state index contributed by atoms with van der Waals surface area (Å²) in [5, 5.41) is 3.00. The first-order valence-electron chi connectivity index (χ1n) is 8.65. The number of amides is 1. The number of esters is 1. The van der Waals surface area contributed by atoms with Gasteiger partial charge in [-0.1, -0.05) is 30.3 Å². The molecule has 0 spiro atoms. The molecule has 0 bridgehead atoms. The molecule has 1 aromatic carbocycles. The minimum atomic E-state index is -0.398. The number of hydrogen-bond donors (Lipinski definition) is 2. The third-order valence-corrected chi connectivity index (χ3v) is 4.23. The van der Waals surface area contributed by atoms with Gasteiger partial charge in [0, 0.05) is 11.7 Å². The Kier molecular flexibility index (Phi) is 6.39. The number of H-pyrrole nitrogens is 1. The minimum Gasteiger partial charge on any atom is -0.462 e. The van der Waals surface area contributed by atoms with Gasteiger partial charge >= 0.3 is 5.97 Å². The second-order valence-electron chi connectivity index (χ2n) is 6.24. The lowest BCUT2D eigenvalue weighted by Crippen LogP contribution is -2.33. The number of aromatic amines is 1. The van der Waals surface area contributed by atoms with E-state index in [4.69, 9.17) is 4.74 Å². The van der Waals surface area contributed by atoms with Crippen LogP contribution in [-0.2, 0) is 11.2 Å². The van der Waals surface area contributed by atoms with Crippen molar-refractivity contribution in [3.8, 4) is 0 Å². The normalized spacial score (nSPS) is 11.8. The van der Waals surface area contributed by atoms with E-state index in [1.54, 1.807) is 20.8 Å². The van der Waals surface area contributed by atoms with E-state index in [0.29, 0.717) is 29.1 Å². The number of hydrogen-bond acceptors (Lipinski definition) is 3. The lowest BCUT2D eigenvalue weighted by molar-refractivity contribution is 0.0525. The Bertz CT molecular complexity index is 735. The predicted octanol–water partition coefficient (Wildman–Crippen LogP) is 3.56. The summed E-state index contributed by atoms with van der Waals surface area (Å²) in [6.45, 7) is 7.59. The van der Waals surface area contributed by atoms with Crippen molar-refractivity contribution in [3.05, 3.63) is 58.4 Å². The van der Waals surface area contributed by atoms with E-state index in [2.05, 4.69) is 22.4 Å². The molecule has 0 aliphatic carbocycles. The fraction of sp³-hybridized carbons (Fsp3) is 0.400. The summed E-state index contributed by atoms with van der Waals surface area (Å²) in [5.74, 6) is -0.596. The highest BCUT2D eigenvalue weighted by molar-refractivity contribution is 6.00. The zero-order chi connectivity index (χ0) is 18.4. The van der Waals surface area contributed by atoms with Crippen LogP contribution < -0.4 is 5.32 Å². The molecule has 0 saturated carbocycles. The van der Waals surface area contributed by atoms with Gasteiger partial charge in [0.15, 0.2) is 0 Å². The summed E-state index contributed by atoms with van der Waals surface area (Å²) < 4.78 is 5.06. The van der Waals surface area contributed by atoms with Crippen LogP contribution in [0.5, 0.6) is 0 Å². The van der Waals surface area contributed by atoms with Crippen molar-refractivity contribution in [1.29, 1.82) is 0 Å². The molecule has 25 heavy (non-hydrogen) atoms. The standard InChI is InChI=1S/C20H26N2O3/c1-5-25-20(24)17-14(3)18(22-15(17)4)19(23)21-13(2)11-12-16-9-7-6-8-10-16/h6-10,13,22H,5,11-12H2,1-4H3,(H,21,23). The van der Waals surface area contributed by atoms with Gasteiger partial charge in [0.25, 0.3) is 5.91 Å². The molecular weight excluding hydrogens is 316 g/mol. The van der Waals surface area contributed by atoms with Crippen molar-refractivity contribution < 1.29 is 14.3 Å². The van der Waals surface area contributed by atoms with Gasteiger partial charge in [-0.15, -0.1) is 0 Å². The van der Waals surface area contributed by atoms with Crippen molar-refractivity contribution in [2.45, 2.75) is 46.6 Å². The molecular formula is C20H26N2O3. The van der Waals surface area contributed by atoms with Gasteiger partial charge in [0.1, 0.15) is 5.69 Å². The Labute approximate surface area is 148 Å². The molecule has 2 aromatic rings. The summed E-state index contributed by atoms with van der Waals surface area (Å²) in [5.41, 5.74) is 3.40. The van der Waals surface area contributed by atoms with Crippen LogP contribution in [0.2, 0.25) is 0 Å². The van der Waals surface area contributed by atoms with Gasteiger partial charge in [-0.05, 0) is 51.7 Å². The monoisotopic (exact) mass is 342 g/mol.